The summed E-state index contributed by atoms with van der Waals surface area (Å²) < 4.78 is -0.176. The molecular weight excluding hydrogens is 400 g/mol. The topological polar surface area (TPSA) is 65.4 Å². The van der Waals surface area contributed by atoms with E-state index in [1.807, 2.05) is 42.2 Å². The molecule has 4 rings (SSSR count). The Hall–Kier alpha value is -2.55. The Morgan fingerprint density at radius 3 is 2.72 bits per heavy atom. The SMILES string of the molecule is CCc1cnc(C2=C(Cc3ccc(Cl)cc3)CC(C)(c3ccnc(C#N)c3)S2)[nH]1. The number of pyridine rings is 1. The van der Waals surface area contributed by atoms with Gasteiger partial charge in [-0.15, -0.1) is 11.8 Å². The molecule has 1 aliphatic heterocycles. The largest absolute Gasteiger partial charge is 0.341 e. The second kappa shape index (κ2) is 8.06. The Labute approximate surface area is 180 Å². The number of allylic oxidation sites excluding steroid dienone is 1. The van der Waals surface area contributed by atoms with E-state index in [2.05, 4.69) is 47.0 Å². The van der Waals surface area contributed by atoms with E-state index in [4.69, 9.17) is 11.6 Å². The van der Waals surface area contributed by atoms with Crippen molar-refractivity contribution in [3.63, 3.8) is 0 Å². The van der Waals surface area contributed by atoms with Crippen molar-refractivity contribution in [2.24, 2.45) is 0 Å². The van der Waals surface area contributed by atoms with Gasteiger partial charge in [0.15, 0.2) is 0 Å². The maximum absolute atomic E-state index is 9.26. The second-order valence-electron chi connectivity index (χ2n) is 7.40. The van der Waals surface area contributed by atoms with Gasteiger partial charge in [-0.1, -0.05) is 30.7 Å². The molecule has 1 atom stereocenters. The van der Waals surface area contributed by atoms with Gasteiger partial charge < -0.3 is 4.98 Å². The lowest BCUT2D eigenvalue weighted by atomic mass is 9.90. The number of halogens is 1. The number of nitriles is 1. The molecule has 0 bridgehead atoms. The quantitative estimate of drug-likeness (QED) is 0.558. The van der Waals surface area contributed by atoms with Crippen molar-refractivity contribution in [1.82, 2.24) is 15.0 Å². The highest BCUT2D eigenvalue weighted by molar-refractivity contribution is 8.09. The van der Waals surface area contributed by atoms with E-state index >= 15 is 0 Å². The lowest BCUT2D eigenvalue weighted by Gasteiger charge is -2.24. The number of aromatic amines is 1. The number of rotatable bonds is 5. The zero-order valence-electron chi connectivity index (χ0n) is 16.4. The highest BCUT2D eigenvalue weighted by atomic mass is 35.5. The standard InChI is InChI=1S/C23H21ClN4S/c1-3-19-14-27-22(28-19)21-16(10-15-4-6-18(24)7-5-15)12-23(2,29-21)17-8-9-26-20(11-17)13-25/h4-9,11,14H,3,10,12H2,1-2H3,(H,27,28). The number of hydrogen-bond acceptors (Lipinski definition) is 4. The van der Waals surface area contributed by atoms with Crippen molar-refractivity contribution in [1.29, 1.82) is 5.26 Å². The summed E-state index contributed by atoms with van der Waals surface area (Å²) in [5.74, 6) is 0.925. The summed E-state index contributed by atoms with van der Waals surface area (Å²) in [5.41, 5.74) is 5.25. The minimum absolute atomic E-state index is 0.176. The summed E-state index contributed by atoms with van der Waals surface area (Å²) in [4.78, 5) is 13.4. The summed E-state index contributed by atoms with van der Waals surface area (Å²) in [6, 6.07) is 14.1. The van der Waals surface area contributed by atoms with E-state index in [9.17, 15) is 5.26 Å². The first-order chi connectivity index (χ1) is 14.0. The second-order valence-corrected chi connectivity index (χ2v) is 9.35. The number of aryl methyl sites for hydroxylation is 1. The number of nitrogens with one attached hydrogen (secondary N) is 1. The van der Waals surface area contributed by atoms with E-state index in [1.165, 1.54) is 16.0 Å². The third-order valence-corrected chi connectivity index (χ3v) is 7.01. The van der Waals surface area contributed by atoms with Crippen molar-refractivity contribution < 1.29 is 0 Å². The number of imidazole rings is 1. The fraction of sp³-hybridized carbons (Fsp3) is 0.261. The van der Waals surface area contributed by atoms with Crippen LogP contribution in [0.3, 0.4) is 0 Å². The van der Waals surface area contributed by atoms with Gasteiger partial charge in [0.1, 0.15) is 17.6 Å². The van der Waals surface area contributed by atoms with Crippen LogP contribution in [0.2, 0.25) is 5.02 Å². The molecule has 1 N–H and O–H groups in total. The molecule has 0 saturated carbocycles. The summed E-state index contributed by atoms with van der Waals surface area (Å²) in [6.07, 6.45) is 6.28. The van der Waals surface area contributed by atoms with Gasteiger partial charge in [-0.3, -0.25) is 0 Å². The lowest BCUT2D eigenvalue weighted by molar-refractivity contribution is 0.686. The number of aromatic nitrogens is 3. The van der Waals surface area contributed by atoms with Crippen LogP contribution in [0.15, 0.2) is 54.4 Å². The average Bonchev–Trinajstić information content (AvgIpc) is 3.35. The predicted octanol–water partition coefficient (Wildman–Crippen LogP) is 5.90. The van der Waals surface area contributed by atoms with Gasteiger partial charge in [0.25, 0.3) is 0 Å². The molecule has 6 heteroatoms. The van der Waals surface area contributed by atoms with Crippen molar-refractivity contribution >= 4 is 28.3 Å². The van der Waals surface area contributed by atoms with Gasteiger partial charge in [0.05, 0.1) is 4.91 Å². The van der Waals surface area contributed by atoms with Crippen LogP contribution in [-0.4, -0.2) is 15.0 Å². The van der Waals surface area contributed by atoms with Gasteiger partial charge in [-0.25, -0.2) is 9.97 Å². The molecule has 0 radical (unpaired) electrons. The summed E-state index contributed by atoms with van der Waals surface area (Å²) >= 11 is 7.88. The highest BCUT2D eigenvalue weighted by Gasteiger charge is 2.38. The van der Waals surface area contributed by atoms with Crippen LogP contribution in [-0.2, 0) is 17.6 Å². The minimum Gasteiger partial charge on any atom is -0.341 e. The molecule has 2 aromatic heterocycles. The maximum atomic E-state index is 9.26. The van der Waals surface area contributed by atoms with Crippen molar-refractivity contribution in [2.75, 3.05) is 0 Å². The van der Waals surface area contributed by atoms with Gasteiger partial charge in [-0.05, 0) is 67.2 Å². The van der Waals surface area contributed by atoms with Crippen molar-refractivity contribution in [2.45, 2.75) is 37.9 Å². The zero-order chi connectivity index (χ0) is 20.4. The van der Waals surface area contributed by atoms with Crippen LogP contribution < -0.4 is 0 Å². The number of H-pyrrole nitrogens is 1. The summed E-state index contributed by atoms with van der Waals surface area (Å²) in [7, 11) is 0. The normalized spacial score (nSPS) is 18.8. The molecular formula is C23H21ClN4S. The molecule has 29 heavy (non-hydrogen) atoms. The Kier molecular flexibility index (Phi) is 5.49. The number of nitrogens with zero attached hydrogens (tertiary/aromatic N) is 3. The first kappa shape index (κ1) is 19.8. The van der Waals surface area contributed by atoms with E-state index in [0.717, 1.165) is 41.4 Å². The molecule has 0 spiro atoms. The zero-order valence-corrected chi connectivity index (χ0v) is 17.9. The van der Waals surface area contributed by atoms with Crippen LogP contribution in [0, 0.1) is 11.3 Å². The monoisotopic (exact) mass is 420 g/mol. The Bertz CT molecular complexity index is 1110. The molecule has 3 heterocycles. The minimum atomic E-state index is -0.176. The van der Waals surface area contributed by atoms with Crippen LogP contribution in [0.5, 0.6) is 0 Å². The molecule has 4 nitrogen and oxygen atoms in total. The average molecular weight is 421 g/mol. The predicted molar refractivity (Wildman–Crippen MR) is 119 cm³/mol. The molecule has 3 aromatic rings. The van der Waals surface area contributed by atoms with Gasteiger partial charge in [0.2, 0.25) is 0 Å². The molecule has 146 valence electrons. The first-order valence-electron chi connectivity index (χ1n) is 9.57. The number of thioether (sulfide) groups is 1. The molecule has 0 fully saturated rings. The van der Waals surface area contributed by atoms with Crippen molar-refractivity contribution in [3.05, 3.63) is 87.7 Å². The van der Waals surface area contributed by atoms with E-state index in [0.29, 0.717) is 5.69 Å². The Morgan fingerprint density at radius 1 is 1.24 bits per heavy atom. The summed E-state index contributed by atoms with van der Waals surface area (Å²) in [5, 5.41) is 10.0. The van der Waals surface area contributed by atoms with Crippen LogP contribution >= 0.6 is 23.4 Å². The molecule has 0 aliphatic carbocycles. The third kappa shape index (κ3) is 4.10. The fourth-order valence-electron chi connectivity index (χ4n) is 3.66. The molecule has 0 amide bonds. The van der Waals surface area contributed by atoms with E-state index < -0.39 is 0 Å². The molecule has 1 aliphatic rings. The fourth-order valence-corrected chi connectivity index (χ4v) is 5.22. The van der Waals surface area contributed by atoms with Crippen LogP contribution in [0.1, 0.15) is 48.6 Å². The van der Waals surface area contributed by atoms with Crippen LogP contribution in [0.4, 0.5) is 0 Å². The molecule has 0 saturated heterocycles. The maximum Gasteiger partial charge on any atom is 0.143 e. The van der Waals surface area contributed by atoms with Gasteiger partial charge in [-0.2, -0.15) is 5.26 Å². The van der Waals surface area contributed by atoms with Gasteiger partial charge in [0, 0.05) is 27.9 Å². The first-order valence-corrected chi connectivity index (χ1v) is 10.8. The smallest absolute Gasteiger partial charge is 0.143 e. The van der Waals surface area contributed by atoms with Crippen molar-refractivity contribution in [3.8, 4) is 6.07 Å². The third-order valence-electron chi connectivity index (χ3n) is 5.24. The summed E-state index contributed by atoms with van der Waals surface area (Å²) in [6.45, 7) is 4.35. The van der Waals surface area contributed by atoms with E-state index in [-0.39, 0.29) is 4.75 Å². The number of benzene rings is 1. The van der Waals surface area contributed by atoms with Gasteiger partial charge >= 0.3 is 0 Å². The highest BCUT2D eigenvalue weighted by Crippen LogP contribution is 2.56. The number of hydrogen-bond donors (Lipinski definition) is 1. The van der Waals surface area contributed by atoms with E-state index in [1.54, 1.807) is 6.20 Å². The Morgan fingerprint density at radius 2 is 2.03 bits per heavy atom. The molecule has 1 aromatic carbocycles. The lowest BCUT2D eigenvalue weighted by Crippen LogP contribution is -2.15. The molecule has 1 unspecified atom stereocenters. The Balaban J connectivity index is 1.72. The van der Waals surface area contributed by atoms with Crippen LogP contribution in [0.25, 0.3) is 4.91 Å².